The van der Waals surface area contributed by atoms with Crippen molar-refractivity contribution in [3.63, 3.8) is 0 Å². The molecule has 1 aliphatic carbocycles. The molecular weight excluding hydrogens is 264 g/mol. The molecule has 1 amide bonds. The standard InChI is InChI=1S/C17H30N2O2/c20-16(19-10-5-1-2-6-11-19)14-18-12-9-17(21)8-4-3-7-15(17)13-18/h15,21H,1-14H2. The molecule has 2 saturated heterocycles. The molecule has 3 fully saturated rings. The molecule has 0 aromatic rings. The zero-order valence-corrected chi connectivity index (χ0v) is 13.2. The highest BCUT2D eigenvalue weighted by atomic mass is 16.3. The molecule has 4 heteroatoms. The Morgan fingerprint density at radius 3 is 2.52 bits per heavy atom. The minimum atomic E-state index is -0.430. The Kier molecular flexibility index (Phi) is 4.85. The van der Waals surface area contributed by atoms with Crippen molar-refractivity contribution >= 4 is 5.91 Å². The fraction of sp³-hybridized carbons (Fsp3) is 0.941. The monoisotopic (exact) mass is 294 g/mol. The van der Waals surface area contributed by atoms with Gasteiger partial charge in [-0.2, -0.15) is 0 Å². The van der Waals surface area contributed by atoms with E-state index in [0.29, 0.717) is 18.4 Å². The van der Waals surface area contributed by atoms with Crippen LogP contribution in [-0.2, 0) is 4.79 Å². The van der Waals surface area contributed by atoms with Crippen LogP contribution in [0.4, 0.5) is 0 Å². The molecule has 1 N–H and O–H groups in total. The highest BCUT2D eigenvalue weighted by Gasteiger charge is 2.43. The molecule has 0 aromatic heterocycles. The molecule has 3 aliphatic rings. The molecule has 0 spiro atoms. The normalized spacial score (nSPS) is 35.1. The van der Waals surface area contributed by atoms with Gasteiger partial charge in [0.15, 0.2) is 0 Å². The van der Waals surface area contributed by atoms with E-state index >= 15 is 0 Å². The molecule has 120 valence electrons. The van der Waals surface area contributed by atoms with Gasteiger partial charge in [0.1, 0.15) is 0 Å². The number of carbonyl (C=O) groups is 1. The fourth-order valence-electron chi connectivity index (χ4n) is 4.39. The Morgan fingerprint density at radius 2 is 1.76 bits per heavy atom. The summed E-state index contributed by atoms with van der Waals surface area (Å²) in [5.41, 5.74) is -0.430. The summed E-state index contributed by atoms with van der Waals surface area (Å²) in [6.45, 7) is 4.25. The highest BCUT2D eigenvalue weighted by molar-refractivity contribution is 5.78. The number of nitrogens with zero attached hydrogens (tertiary/aromatic N) is 2. The van der Waals surface area contributed by atoms with Crippen molar-refractivity contribution in [3.8, 4) is 0 Å². The second-order valence-electron chi connectivity index (χ2n) is 7.33. The van der Waals surface area contributed by atoms with Gasteiger partial charge in [0.05, 0.1) is 12.1 Å². The Labute approximate surface area is 128 Å². The van der Waals surface area contributed by atoms with Crippen LogP contribution in [0.3, 0.4) is 0 Å². The van der Waals surface area contributed by atoms with Gasteiger partial charge in [-0.05, 0) is 32.1 Å². The first-order valence-electron chi connectivity index (χ1n) is 8.90. The number of carbonyl (C=O) groups excluding carboxylic acids is 1. The van der Waals surface area contributed by atoms with Crippen LogP contribution in [0, 0.1) is 5.92 Å². The number of aliphatic hydroxyl groups is 1. The van der Waals surface area contributed by atoms with Crippen LogP contribution in [-0.4, -0.2) is 59.1 Å². The van der Waals surface area contributed by atoms with E-state index in [9.17, 15) is 9.90 Å². The van der Waals surface area contributed by atoms with Crippen LogP contribution < -0.4 is 0 Å². The van der Waals surface area contributed by atoms with Crippen LogP contribution in [0.15, 0.2) is 0 Å². The zero-order valence-electron chi connectivity index (χ0n) is 13.2. The lowest BCUT2D eigenvalue weighted by Crippen LogP contribution is -2.55. The van der Waals surface area contributed by atoms with E-state index in [1.807, 2.05) is 0 Å². The molecule has 2 heterocycles. The minimum absolute atomic E-state index is 0.304. The number of hydrogen-bond donors (Lipinski definition) is 1. The third-order valence-corrected chi connectivity index (χ3v) is 5.83. The molecule has 0 bridgehead atoms. The topological polar surface area (TPSA) is 43.8 Å². The van der Waals surface area contributed by atoms with E-state index in [1.165, 1.54) is 25.7 Å². The van der Waals surface area contributed by atoms with Crippen LogP contribution in [0.25, 0.3) is 0 Å². The molecule has 0 radical (unpaired) electrons. The lowest BCUT2D eigenvalue weighted by molar-refractivity contribution is -0.136. The number of amides is 1. The summed E-state index contributed by atoms with van der Waals surface area (Å²) in [5.74, 6) is 0.690. The number of piperidine rings is 1. The predicted octanol–water partition coefficient (Wildman–Crippen LogP) is 2.02. The Hall–Kier alpha value is -0.610. The van der Waals surface area contributed by atoms with Gasteiger partial charge in [-0.1, -0.05) is 25.7 Å². The Bertz CT molecular complexity index is 366. The fourth-order valence-corrected chi connectivity index (χ4v) is 4.39. The van der Waals surface area contributed by atoms with E-state index in [2.05, 4.69) is 9.80 Å². The molecule has 2 aliphatic heterocycles. The van der Waals surface area contributed by atoms with E-state index in [4.69, 9.17) is 0 Å². The van der Waals surface area contributed by atoms with Gasteiger partial charge in [-0.15, -0.1) is 0 Å². The van der Waals surface area contributed by atoms with Gasteiger partial charge >= 0.3 is 0 Å². The first-order valence-corrected chi connectivity index (χ1v) is 8.90. The lowest BCUT2D eigenvalue weighted by Gasteiger charge is -2.47. The van der Waals surface area contributed by atoms with Crippen LogP contribution in [0.2, 0.25) is 0 Å². The summed E-state index contributed by atoms with van der Waals surface area (Å²) < 4.78 is 0. The smallest absolute Gasteiger partial charge is 0.236 e. The van der Waals surface area contributed by atoms with Gasteiger partial charge in [0.25, 0.3) is 0 Å². The van der Waals surface area contributed by atoms with Gasteiger partial charge in [0.2, 0.25) is 5.91 Å². The van der Waals surface area contributed by atoms with Gasteiger partial charge in [-0.25, -0.2) is 0 Å². The van der Waals surface area contributed by atoms with E-state index in [-0.39, 0.29) is 0 Å². The number of rotatable bonds is 2. The maximum absolute atomic E-state index is 12.5. The van der Waals surface area contributed by atoms with Crippen molar-refractivity contribution < 1.29 is 9.90 Å². The van der Waals surface area contributed by atoms with Crippen LogP contribution in [0.5, 0.6) is 0 Å². The molecular formula is C17H30N2O2. The summed E-state index contributed by atoms with van der Waals surface area (Å²) in [6, 6.07) is 0. The largest absolute Gasteiger partial charge is 0.390 e. The highest BCUT2D eigenvalue weighted by Crippen LogP contribution is 2.39. The summed E-state index contributed by atoms with van der Waals surface area (Å²) in [5, 5.41) is 10.7. The Morgan fingerprint density at radius 1 is 1.00 bits per heavy atom. The first-order chi connectivity index (χ1) is 10.2. The SMILES string of the molecule is O=C(CN1CCC2(O)CCCCC2C1)N1CCCCCC1. The number of hydrogen-bond acceptors (Lipinski definition) is 3. The van der Waals surface area contributed by atoms with E-state index in [0.717, 1.165) is 58.3 Å². The quantitative estimate of drug-likeness (QED) is 0.847. The summed E-state index contributed by atoms with van der Waals surface area (Å²) >= 11 is 0. The summed E-state index contributed by atoms with van der Waals surface area (Å²) in [7, 11) is 0. The molecule has 2 atom stereocenters. The Balaban J connectivity index is 1.52. The lowest BCUT2D eigenvalue weighted by atomic mass is 9.71. The molecule has 21 heavy (non-hydrogen) atoms. The molecule has 1 saturated carbocycles. The molecule has 3 rings (SSSR count). The zero-order chi connectivity index (χ0) is 14.7. The van der Waals surface area contributed by atoms with Crippen LogP contribution >= 0.6 is 0 Å². The number of fused-ring (bicyclic) bond motifs is 1. The van der Waals surface area contributed by atoms with Gasteiger partial charge in [0, 0.05) is 32.1 Å². The van der Waals surface area contributed by atoms with Gasteiger partial charge < -0.3 is 10.0 Å². The average molecular weight is 294 g/mol. The van der Waals surface area contributed by atoms with E-state index < -0.39 is 5.60 Å². The van der Waals surface area contributed by atoms with Crippen molar-refractivity contribution in [2.45, 2.75) is 63.4 Å². The number of likely N-dealkylation sites (tertiary alicyclic amines) is 2. The molecule has 0 aromatic carbocycles. The third-order valence-electron chi connectivity index (χ3n) is 5.83. The minimum Gasteiger partial charge on any atom is -0.390 e. The maximum atomic E-state index is 12.5. The summed E-state index contributed by atoms with van der Waals surface area (Å²) in [6.07, 6.45) is 10.2. The van der Waals surface area contributed by atoms with Crippen LogP contribution in [0.1, 0.15) is 57.8 Å². The molecule has 4 nitrogen and oxygen atoms in total. The van der Waals surface area contributed by atoms with Crippen molar-refractivity contribution in [3.05, 3.63) is 0 Å². The van der Waals surface area contributed by atoms with Gasteiger partial charge in [-0.3, -0.25) is 9.69 Å². The van der Waals surface area contributed by atoms with E-state index in [1.54, 1.807) is 0 Å². The predicted molar refractivity (Wildman–Crippen MR) is 83.0 cm³/mol. The van der Waals surface area contributed by atoms with Crippen molar-refractivity contribution in [2.75, 3.05) is 32.7 Å². The average Bonchev–Trinajstić information content (AvgIpc) is 2.76. The van der Waals surface area contributed by atoms with Crippen molar-refractivity contribution in [1.29, 1.82) is 0 Å². The van der Waals surface area contributed by atoms with Crippen molar-refractivity contribution in [2.24, 2.45) is 5.92 Å². The molecule has 2 unspecified atom stereocenters. The third kappa shape index (κ3) is 3.59. The summed E-state index contributed by atoms with van der Waals surface area (Å²) in [4.78, 5) is 16.8. The second kappa shape index (κ2) is 6.66. The maximum Gasteiger partial charge on any atom is 0.236 e. The first kappa shape index (κ1) is 15.3. The van der Waals surface area contributed by atoms with Crippen molar-refractivity contribution in [1.82, 2.24) is 9.80 Å². The second-order valence-corrected chi connectivity index (χ2v) is 7.33.